The molecule has 1 N–H and O–H groups in total. The third-order valence-corrected chi connectivity index (χ3v) is 6.22. The molecule has 2 bridgehead atoms. The Labute approximate surface area is 162 Å². The number of likely N-dealkylation sites (tertiary alicyclic amines) is 1. The van der Waals surface area contributed by atoms with Crippen LogP contribution in [0.1, 0.15) is 57.4 Å². The van der Waals surface area contributed by atoms with Crippen LogP contribution in [0.5, 0.6) is 0 Å². The molecule has 28 heavy (non-hydrogen) atoms. The largest absolute Gasteiger partial charge is 0.444 e. The summed E-state index contributed by atoms with van der Waals surface area (Å²) in [6.45, 7) is 7.34. The minimum Gasteiger partial charge on any atom is -0.444 e. The van der Waals surface area contributed by atoms with Crippen molar-refractivity contribution in [3.8, 4) is 0 Å². The van der Waals surface area contributed by atoms with Gasteiger partial charge in [0.25, 0.3) is 0 Å². The smallest absolute Gasteiger partial charge is 0.410 e. The highest BCUT2D eigenvalue weighted by Crippen LogP contribution is 2.58. The van der Waals surface area contributed by atoms with Gasteiger partial charge in [-0.1, -0.05) is 0 Å². The number of rotatable bonds is 2. The van der Waals surface area contributed by atoms with Crippen LogP contribution >= 0.6 is 0 Å². The molecule has 4 heterocycles. The molecule has 0 aromatic carbocycles. The zero-order chi connectivity index (χ0) is 19.8. The molecule has 3 amide bonds. The van der Waals surface area contributed by atoms with Crippen molar-refractivity contribution in [1.82, 2.24) is 25.1 Å². The lowest BCUT2D eigenvalue weighted by atomic mass is 10.0. The predicted octanol–water partition coefficient (Wildman–Crippen LogP) is 1.98. The number of carbonyl (C=O) groups excluding carboxylic acids is 2. The fourth-order valence-corrected chi connectivity index (χ4v) is 4.79. The van der Waals surface area contributed by atoms with Crippen LogP contribution in [0.2, 0.25) is 0 Å². The number of carbonyl (C=O) groups is 2. The number of amides is 3. The van der Waals surface area contributed by atoms with E-state index >= 15 is 0 Å². The van der Waals surface area contributed by atoms with E-state index < -0.39 is 11.6 Å². The van der Waals surface area contributed by atoms with Gasteiger partial charge >= 0.3 is 12.1 Å². The molecule has 5 rings (SSSR count). The highest BCUT2D eigenvalue weighted by Gasteiger charge is 2.60. The SMILES string of the molecule is CC(C)(C)OC(=O)N1C[C@@H]2[C@H](C1)[C@H]2c1nnc([C@@H]2CCC3CN2C(=O)N3O)o1. The number of urea groups is 1. The van der Waals surface area contributed by atoms with Gasteiger partial charge in [0.05, 0.1) is 6.04 Å². The van der Waals surface area contributed by atoms with Gasteiger partial charge < -0.3 is 19.0 Å². The molecule has 5 atom stereocenters. The Morgan fingerprint density at radius 2 is 1.82 bits per heavy atom. The Hall–Kier alpha value is -2.36. The molecule has 1 aromatic heterocycles. The predicted molar refractivity (Wildman–Crippen MR) is 93.3 cm³/mol. The summed E-state index contributed by atoms with van der Waals surface area (Å²) in [7, 11) is 0. The number of piperidine rings is 2. The summed E-state index contributed by atoms with van der Waals surface area (Å²) in [5, 5.41) is 19.0. The number of hydroxylamine groups is 2. The van der Waals surface area contributed by atoms with E-state index in [1.807, 2.05) is 20.8 Å². The first-order chi connectivity index (χ1) is 13.2. The second-order valence-electron chi connectivity index (χ2n) is 9.24. The lowest BCUT2D eigenvalue weighted by Gasteiger charge is -2.27. The van der Waals surface area contributed by atoms with Crippen molar-refractivity contribution < 1.29 is 24.0 Å². The summed E-state index contributed by atoms with van der Waals surface area (Å²) in [5.74, 6) is 1.82. The van der Waals surface area contributed by atoms with Crippen LogP contribution in [0.15, 0.2) is 4.42 Å². The molecule has 1 aliphatic carbocycles. The summed E-state index contributed by atoms with van der Waals surface area (Å²) >= 11 is 0. The van der Waals surface area contributed by atoms with Crippen LogP contribution in [0.4, 0.5) is 9.59 Å². The van der Waals surface area contributed by atoms with Gasteiger partial charge in [0.2, 0.25) is 11.8 Å². The van der Waals surface area contributed by atoms with E-state index in [0.717, 1.165) is 5.06 Å². The minimum atomic E-state index is -0.499. The Morgan fingerprint density at radius 3 is 2.50 bits per heavy atom. The molecule has 1 unspecified atom stereocenters. The van der Waals surface area contributed by atoms with Gasteiger partial charge in [-0.3, -0.25) is 5.21 Å². The van der Waals surface area contributed by atoms with Gasteiger partial charge in [-0.15, -0.1) is 10.2 Å². The number of aromatic nitrogens is 2. The molecule has 10 heteroatoms. The summed E-state index contributed by atoms with van der Waals surface area (Å²) < 4.78 is 11.4. The first-order valence-electron chi connectivity index (χ1n) is 9.83. The van der Waals surface area contributed by atoms with Crippen LogP contribution in [0.25, 0.3) is 0 Å². The zero-order valence-corrected chi connectivity index (χ0v) is 16.2. The molecular weight excluding hydrogens is 366 g/mol. The third kappa shape index (κ3) is 2.73. The lowest BCUT2D eigenvalue weighted by molar-refractivity contribution is -0.0584. The Kier molecular flexibility index (Phi) is 3.68. The Morgan fingerprint density at radius 1 is 1.14 bits per heavy atom. The van der Waals surface area contributed by atoms with Crippen molar-refractivity contribution in [1.29, 1.82) is 0 Å². The molecule has 3 aliphatic heterocycles. The number of ether oxygens (including phenoxy) is 1. The maximum Gasteiger partial charge on any atom is 0.410 e. The molecule has 4 fully saturated rings. The summed E-state index contributed by atoms with van der Waals surface area (Å²) in [6, 6.07) is -0.824. The van der Waals surface area contributed by atoms with Crippen molar-refractivity contribution in [2.75, 3.05) is 19.6 Å². The average molecular weight is 391 g/mol. The number of hydrogen-bond acceptors (Lipinski definition) is 7. The van der Waals surface area contributed by atoms with Gasteiger partial charge in [0, 0.05) is 25.6 Å². The maximum atomic E-state index is 12.2. The fourth-order valence-electron chi connectivity index (χ4n) is 4.79. The number of fused-ring (bicyclic) bond motifs is 3. The second kappa shape index (κ2) is 5.82. The van der Waals surface area contributed by atoms with E-state index in [1.54, 1.807) is 9.80 Å². The Balaban J connectivity index is 1.23. The normalized spacial score (nSPS) is 34.1. The maximum absolute atomic E-state index is 12.2. The molecule has 152 valence electrons. The standard InChI is InChI=1S/C18H25N5O5/c1-18(2,3)28-17(25)21-7-10-11(8-21)13(10)15-20-19-14(27-15)12-5-4-9-6-22(12)16(24)23(9)26/h9-13,26H,4-8H2,1-3H3/t9?,10-,11+,12-,13+/m0/s1. The average Bonchev–Trinajstić information content (AvgIpc) is 3.01. The molecule has 1 aromatic rings. The monoisotopic (exact) mass is 391 g/mol. The Bertz CT molecular complexity index is 808. The van der Waals surface area contributed by atoms with Crippen LogP contribution in [-0.2, 0) is 4.74 Å². The van der Waals surface area contributed by atoms with Crippen molar-refractivity contribution in [3.05, 3.63) is 11.8 Å². The van der Waals surface area contributed by atoms with E-state index in [2.05, 4.69) is 10.2 Å². The van der Waals surface area contributed by atoms with E-state index in [9.17, 15) is 14.8 Å². The van der Waals surface area contributed by atoms with E-state index in [1.165, 1.54) is 0 Å². The van der Waals surface area contributed by atoms with Gasteiger partial charge in [0.1, 0.15) is 11.6 Å². The van der Waals surface area contributed by atoms with Crippen molar-refractivity contribution in [2.45, 2.75) is 57.2 Å². The highest BCUT2D eigenvalue weighted by atomic mass is 16.6. The lowest BCUT2D eigenvalue weighted by Crippen LogP contribution is -2.36. The van der Waals surface area contributed by atoms with Gasteiger partial charge in [-0.2, -0.15) is 0 Å². The topological polar surface area (TPSA) is 112 Å². The van der Waals surface area contributed by atoms with Crippen molar-refractivity contribution >= 4 is 12.1 Å². The third-order valence-electron chi connectivity index (χ3n) is 6.22. The second-order valence-corrected chi connectivity index (χ2v) is 9.24. The van der Waals surface area contributed by atoms with Gasteiger partial charge in [0.15, 0.2) is 0 Å². The first kappa shape index (κ1) is 17.7. The zero-order valence-electron chi connectivity index (χ0n) is 16.2. The van der Waals surface area contributed by atoms with Gasteiger partial charge in [-0.25, -0.2) is 14.7 Å². The minimum absolute atomic E-state index is 0.146. The summed E-state index contributed by atoms with van der Waals surface area (Å²) in [6.07, 6.45) is 1.13. The van der Waals surface area contributed by atoms with Crippen molar-refractivity contribution in [2.24, 2.45) is 11.8 Å². The quantitative estimate of drug-likeness (QED) is 0.767. The molecular formula is C18H25N5O5. The number of hydrogen-bond donors (Lipinski definition) is 1. The van der Waals surface area contributed by atoms with Crippen LogP contribution in [0, 0.1) is 11.8 Å². The van der Waals surface area contributed by atoms with E-state index in [0.29, 0.717) is 56.1 Å². The number of nitrogens with zero attached hydrogens (tertiary/aromatic N) is 5. The van der Waals surface area contributed by atoms with Crippen molar-refractivity contribution in [3.63, 3.8) is 0 Å². The molecule has 0 spiro atoms. The molecule has 10 nitrogen and oxygen atoms in total. The first-order valence-corrected chi connectivity index (χ1v) is 9.83. The molecule has 0 radical (unpaired) electrons. The highest BCUT2D eigenvalue weighted by molar-refractivity contribution is 5.76. The van der Waals surface area contributed by atoms with E-state index in [-0.39, 0.29) is 24.1 Å². The molecule has 3 saturated heterocycles. The van der Waals surface area contributed by atoms with Crippen LogP contribution < -0.4 is 0 Å². The fraction of sp³-hybridized carbons (Fsp3) is 0.778. The van der Waals surface area contributed by atoms with E-state index in [4.69, 9.17) is 9.15 Å². The van der Waals surface area contributed by atoms with Crippen LogP contribution in [-0.4, -0.2) is 73.7 Å². The van der Waals surface area contributed by atoms with Gasteiger partial charge in [-0.05, 0) is 45.4 Å². The molecule has 4 aliphatic rings. The van der Waals surface area contributed by atoms with Crippen LogP contribution in [0.3, 0.4) is 0 Å². The summed E-state index contributed by atoms with van der Waals surface area (Å²) in [5.41, 5.74) is -0.499. The summed E-state index contributed by atoms with van der Waals surface area (Å²) in [4.78, 5) is 27.7. The molecule has 1 saturated carbocycles.